The fraction of sp³-hybridized carbons (Fsp3) is 0.538. The summed E-state index contributed by atoms with van der Waals surface area (Å²) in [6.45, 7) is 3.15. The van der Waals surface area contributed by atoms with E-state index < -0.39 is 15.8 Å². The number of halogens is 1. The van der Waals surface area contributed by atoms with E-state index in [0.717, 1.165) is 25.9 Å². The third-order valence-corrected chi connectivity index (χ3v) is 5.09. The number of aryl methyl sites for hydroxylation is 1. The van der Waals surface area contributed by atoms with Gasteiger partial charge in [0.05, 0.1) is 0 Å². The Bertz CT molecular complexity index is 596. The number of benzene rings is 1. The van der Waals surface area contributed by atoms with Gasteiger partial charge in [0, 0.05) is 11.7 Å². The first-order valence-corrected chi connectivity index (χ1v) is 8.04. The van der Waals surface area contributed by atoms with Crippen molar-refractivity contribution in [3.63, 3.8) is 0 Å². The quantitative estimate of drug-likeness (QED) is 0.820. The Kier molecular flexibility index (Phi) is 4.31. The van der Waals surface area contributed by atoms with Crippen LogP contribution in [-0.4, -0.2) is 39.5 Å². The fourth-order valence-corrected chi connectivity index (χ4v) is 3.86. The molecule has 7 heteroatoms. The highest BCUT2D eigenvalue weighted by Crippen LogP contribution is 2.22. The molecule has 1 aliphatic heterocycles. The summed E-state index contributed by atoms with van der Waals surface area (Å²) in [7, 11) is -1.88. The topological polar surface area (TPSA) is 75.4 Å². The molecule has 0 aromatic heterocycles. The van der Waals surface area contributed by atoms with E-state index in [1.807, 2.05) is 7.05 Å². The minimum atomic E-state index is -3.88. The maximum Gasteiger partial charge on any atom is 0.243 e. The van der Waals surface area contributed by atoms with E-state index in [1.54, 1.807) is 0 Å². The van der Waals surface area contributed by atoms with E-state index in [-0.39, 0.29) is 22.2 Å². The van der Waals surface area contributed by atoms with E-state index in [4.69, 9.17) is 5.73 Å². The average Bonchev–Trinajstić information content (AvgIpc) is 2.36. The van der Waals surface area contributed by atoms with E-state index in [0.29, 0.717) is 0 Å². The molecule has 3 N–H and O–H groups in total. The summed E-state index contributed by atoms with van der Waals surface area (Å²) in [5.74, 6) is -0.736. The van der Waals surface area contributed by atoms with Gasteiger partial charge in [0.15, 0.2) is 0 Å². The smallest absolute Gasteiger partial charge is 0.243 e. The summed E-state index contributed by atoms with van der Waals surface area (Å²) in [5.41, 5.74) is 6.08. The van der Waals surface area contributed by atoms with Gasteiger partial charge in [0.2, 0.25) is 10.0 Å². The SMILES string of the molecule is Cc1cc(N)cc(S(=O)(=O)NC2CCN(C)CC2)c1F. The van der Waals surface area contributed by atoms with Gasteiger partial charge in [-0.1, -0.05) is 0 Å². The van der Waals surface area contributed by atoms with Crippen LogP contribution < -0.4 is 10.5 Å². The molecule has 1 aromatic rings. The molecule has 1 aliphatic rings. The number of nitrogen functional groups attached to an aromatic ring is 1. The van der Waals surface area contributed by atoms with Crippen LogP contribution in [0.1, 0.15) is 18.4 Å². The van der Waals surface area contributed by atoms with E-state index in [1.165, 1.54) is 19.1 Å². The number of hydrogen-bond donors (Lipinski definition) is 2. The molecule has 0 aliphatic carbocycles. The summed E-state index contributed by atoms with van der Waals surface area (Å²) in [6.07, 6.45) is 1.44. The largest absolute Gasteiger partial charge is 0.399 e. The molecule has 1 aromatic carbocycles. The van der Waals surface area contributed by atoms with E-state index in [2.05, 4.69) is 9.62 Å². The number of rotatable bonds is 3. The number of nitrogens with two attached hydrogens (primary N) is 1. The zero-order valence-electron chi connectivity index (χ0n) is 11.7. The molecule has 0 saturated carbocycles. The lowest BCUT2D eigenvalue weighted by Crippen LogP contribution is -2.43. The lowest BCUT2D eigenvalue weighted by atomic mass is 10.1. The molecule has 1 heterocycles. The zero-order valence-corrected chi connectivity index (χ0v) is 12.5. The van der Waals surface area contributed by atoms with Crippen LogP contribution in [0.5, 0.6) is 0 Å². The Morgan fingerprint density at radius 2 is 1.95 bits per heavy atom. The van der Waals surface area contributed by atoms with Gasteiger partial charge in [-0.3, -0.25) is 0 Å². The standard InChI is InChI=1S/C13H20FN3O2S/c1-9-7-10(15)8-12(13(9)14)20(18,19)16-11-3-5-17(2)6-4-11/h7-8,11,16H,3-6,15H2,1-2H3. The lowest BCUT2D eigenvalue weighted by molar-refractivity contribution is 0.248. The van der Waals surface area contributed by atoms with Crippen molar-refractivity contribution in [1.29, 1.82) is 0 Å². The number of nitrogens with one attached hydrogen (secondary N) is 1. The molecular weight excluding hydrogens is 281 g/mol. The molecule has 5 nitrogen and oxygen atoms in total. The first-order chi connectivity index (χ1) is 9.29. The van der Waals surface area contributed by atoms with Gasteiger partial charge in [-0.25, -0.2) is 17.5 Å². The lowest BCUT2D eigenvalue weighted by Gasteiger charge is -2.29. The number of nitrogens with zero attached hydrogens (tertiary/aromatic N) is 1. The second-order valence-corrected chi connectivity index (χ2v) is 7.03. The predicted molar refractivity (Wildman–Crippen MR) is 76.4 cm³/mol. The Hall–Kier alpha value is -1.18. The number of anilines is 1. The molecule has 0 amide bonds. The van der Waals surface area contributed by atoms with E-state index >= 15 is 0 Å². The third-order valence-electron chi connectivity index (χ3n) is 3.57. The maximum absolute atomic E-state index is 14.0. The Balaban J connectivity index is 2.23. The fourth-order valence-electron chi connectivity index (χ4n) is 2.37. The molecular formula is C13H20FN3O2S. The van der Waals surface area contributed by atoms with Crippen LogP contribution in [0.2, 0.25) is 0 Å². The van der Waals surface area contributed by atoms with Gasteiger partial charge < -0.3 is 10.6 Å². The van der Waals surface area contributed by atoms with Crippen molar-refractivity contribution in [2.24, 2.45) is 0 Å². The highest BCUT2D eigenvalue weighted by molar-refractivity contribution is 7.89. The average molecular weight is 301 g/mol. The molecule has 20 heavy (non-hydrogen) atoms. The molecule has 2 rings (SSSR count). The van der Waals surface area contributed by atoms with Crippen LogP contribution in [0.4, 0.5) is 10.1 Å². The molecule has 0 atom stereocenters. The van der Waals surface area contributed by atoms with Gasteiger partial charge in [0.25, 0.3) is 0 Å². The summed E-state index contributed by atoms with van der Waals surface area (Å²) in [5, 5.41) is 0. The summed E-state index contributed by atoms with van der Waals surface area (Å²) < 4.78 is 41.2. The van der Waals surface area contributed by atoms with Crippen molar-refractivity contribution < 1.29 is 12.8 Å². The Morgan fingerprint density at radius 3 is 2.55 bits per heavy atom. The molecule has 0 spiro atoms. The normalized spacial score (nSPS) is 18.4. The van der Waals surface area contributed by atoms with Crippen molar-refractivity contribution in [3.8, 4) is 0 Å². The number of hydrogen-bond acceptors (Lipinski definition) is 4. The van der Waals surface area contributed by atoms with Gasteiger partial charge in [-0.15, -0.1) is 0 Å². The predicted octanol–water partition coefficient (Wildman–Crippen LogP) is 1.09. The number of piperidine rings is 1. The van der Waals surface area contributed by atoms with E-state index in [9.17, 15) is 12.8 Å². The summed E-state index contributed by atoms with van der Waals surface area (Å²) >= 11 is 0. The van der Waals surface area contributed by atoms with Gasteiger partial charge in [-0.05, 0) is 57.6 Å². The molecule has 1 saturated heterocycles. The molecule has 0 radical (unpaired) electrons. The van der Waals surface area contributed by atoms with Crippen LogP contribution in [0, 0.1) is 12.7 Å². The maximum atomic E-state index is 14.0. The number of likely N-dealkylation sites (tertiary alicyclic amines) is 1. The van der Waals surface area contributed by atoms with Crippen LogP contribution >= 0.6 is 0 Å². The summed E-state index contributed by atoms with van der Waals surface area (Å²) in [4.78, 5) is 1.77. The Morgan fingerprint density at radius 1 is 1.35 bits per heavy atom. The van der Waals surface area contributed by atoms with Crippen molar-refractivity contribution in [3.05, 3.63) is 23.5 Å². The van der Waals surface area contributed by atoms with Crippen LogP contribution in [-0.2, 0) is 10.0 Å². The van der Waals surface area contributed by atoms with Crippen molar-refractivity contribution in [1.82, 2.24) is 9.62 Å². The molecule has 1 fully saturated rings. The minimum Gasteiger partial charge on any atom is -0.399 e. The second-order valence-electron chi connectivity index (χ2n) is 5.35. The molecule has 0 bridgehead atoms. The van der Waals surface area contributed by atoms with Crippen molar-refractivity contribution >= 4 is 15.7 Å². The molecule has 112 valence electrons. The zero-order chi connectivity index (χ0) is 14.9. The van der Waals surface area contributed by atoms with Crippen molar-refractivity contribution in [2.45, 2.75) is 30.7 Å². The highest BCUT2D eigenvalue weighted by atomic mass is 32.2. The number of sulfonamides is 1. The van der Waals surface area contributed by atoms with Gasteiger partial charge in [-0.2, -0.15) is 0 Å². The van der Waals surface area contributed by atoms with Gasteiger partial charge >= 0.3 is 0 Å². The Labute approximate surface area is 119 Å². The second kappa shape index (κ2) is 5.67. The first-order valence-electron chi connectivity index (χ1n) is 6.56. The minimum absolute atomic E-state index is 0.155. The monoisotopic (exact) mass is 301 g/mol. The van der Waals surface area contributed by atoms with Crippen LogP contribution in [0.15, 0.2) is 17.0 Å². The summed E-state index contributed by atoms with van der Waals surface area (Å²) in [6, 6.07) is 2.43. The molecule has 0 unspecified atom stereocenters. The third kappa shape index (κ3) is 3.28. The highest BCUT2D eigenvalue weighted by Gasteiger charge is 2.26. The first kappa shape index (κ1) is 15.2. The van der Waals surface area contributed by atoms with Crippen molar-refractivity contribution in [2.75, 3.05) is 25.9 Å². The van der Waals surface area contributed by atoms with Crippen LogP contribution in [0.3, 0.4) is 0 Å². The van der Waals surface area contributed by atoms with Gasteiger partial charge in [0.1, 0.15) is 10.7 Å². The van der Waals surface area contributed by atoms with Crippen LogP contribution in [0.25, 0.3) is 0 Å².